The smallest absolute Gasteiger partial charge is 0.305 e. The SMILES string of the molecule is CS(=O)(=O)c1ccc(F)c(NC(=O)C(N)CC(=O)O)c1. The van der Waals surface area contributed by atoms with Gasteiger partial charge >= 0.3 is 5.97 Å². The van der Waals surface area contributed by atoms with Gasteiger partial charge in [0.25, 0.3) is 0 Å². The first kappa shape index (κ1) is 16.1. The summed E-state index contributed by atoms with van der Waals surface area (Å²) in [6.07, 6.45) is 0.307. The molecule has 1 unspecified atom stereocenters. The summed E-state index contributed by atoms with van der Waals surface area (Å²) in [5, 5.41) is 10.6. The molecule has 20 heavy (non-hydrogen) atoms. The third kappa shape index (κ3) is 4.28. The summed E-state index contributed by atoms with van der Waals surface area (Å²) in [6.45, 7) is 0. The Balaban J connectivity index is 2.98. The van der Waals surface area contributed by atoms with Crippen LogP contribution >= 0.6 is 0 Å². The summed E-state index contributed by atoms with van der Waals surface area (Å²) in [6, 6.07) is 1.51. The molecule has 9 heteroatoms. The zero-order valence-corrected chi connectivity index (χ0v) is 11.3. The molecule has 7 nitrogen and oxygen atoms in total. The van der Waals surface area contributed by atoms with Crippen LogP contribution in [-0.2, 0) is 19.4 Å². The van der Waals surface area contributed by atoms with Gasteiger partial charge in [-0.15, -0.1) is 0 Å². The van der Waals surface area contributed by atoms with Crippen LogP contribution < -0.4 is 11.1 Å². The third-order valence-electron chi connectivity index (χ3n) is 2.36. The highest BCUT2D eigenvalue weighted by molar-refractivity contribution is 7.90. The molecule has 0 heterocycles. The van der Waals surface area contributed by atoms with Gasteiger partial charge in [-0.25, -0.2) is 12.8 Å². The van der Waals surface area contributed by atoms with Crippen LogP contribution in [0.15, 0.2) is 23.1 Å². The van der Waals surface area contributed by atoms with E-state index >= 15 is 0 Å². The first-order valence-electron chi connectivity index (χ1n) is 5.39. The second kappa shape index (κ2) is 5.97. The molecule has 0 saturated carbocycles. The molecule has 4 N–H and O–H groups in total. The number of anilines is 1. The van der Waals surface area contributed by atoms with Crippen molar-refractivity contribution >= 4 is 27.4 Å². The van der Waals surface area contributed by atoms with Gasteiger partial charge in [-0.2, -0.15) is 0 Å². The first-order chi connectivity index (χ1) is 9.11. The number of amides is 1. The molecule has 0 aliphatic carbocycles. The standard InChI is InChI=1S/C11H13FN2O5S/c1-20(18,19)6-2-3-7(12)9(4-6)14-11(17)8(13)5-10(15)16/h2-4,8H,5,13H2,1H3,(H,14,17)(H,15,16). The summed E-state index contributed by atoms with van der Waals surface area (Å²) < 4.78 is 36.1. The molecule has 0 bridgehead atoms. The number of carboxylic acid groups (broad SMARTS) is 1. The van der Waals surface area contributed by atoms with Crippen molar-refractivity contribution in [3.8, 4) is 0 Å². The lowest BCUT2D eigenvalue weighted by molar-refractivity contribution is -0.138. The van der Waals surface area contributed by atoms with E-state index in [2.05, 4.69) is 5.32 Å². The topological polar surface area (TPSA) is 127 Å². The minimum Gasteiger partial charge on any atom is -0.481 e. The quantitative estimate of drug-likeness (QED) is 0.656. The Kier molecular flexibility index (Phi) is 4.79. The second-order valence-electron chi connectivity index (χ2n) is 4.11. The van der Waals surface area contributed by atoms with Crippen molar-refractivity contribution < 1.29 is 27.5 Å². The zero-order valence-electron chi connectivity index (χ0n) is 10.5. The van der Waals surface area contributed by atoms with Gasteiger partial charge in [-0.1, -0.05) is 0 Å². The molecule has 0 aliphatic rings. The summed E-state index contributed by atoms with van der Waals surface area (Å²) >= 11 is 0. The lowest BCUT2D eigenvalue weighted by Crippen LogP contribution is -2.37. The molecule has 0 radical (unpaired) electrons. The second-order valence-corrected chi connectivity index (χ2v) is 6.12. The van der Waals surface area contributed by atoms with Gasteiger partial charge in [0.2, 0.25) is 5.91 Å². The van der Waals surface area contributed by atoms with Crippen LogP contribution in [0.25, 0.3) is 0 Å². The summed E-state index contributed by atoms with van der Waals surface area (Å²) in [5.41, 5.74) is 4.93. The number of carboxylic acids is 1. The lowest BCUT2D eigenvalue weighted by atomic mass is 10.2. The summed E-state index contributed by atoms with van der Waals surface area (Å²) in [4.78, 5) is 21.8. The maximum Gasteiger partial charge on any atom is 0.305 e. The average molecular weight is 304 g/mol. The lowest BCUT2D eigenvalue weighted by Gasteiger charge is -2.11. The first-order valence-corrected chi connectivity index (χ1v) is 7.28. The van der Waals surface area contributed by atoms with Crippen molar-refractivity contribution in [2.24, 2.45) is 5.73 Å². The van der Waals surface area contributed by atoms with Crippen LogP contribution in [0.4, 0.5) is 10.1 Å². The van der Waals surface area contributed by atoms with Gasteiger partial charge in [0, 0.05) is 6.26 Å². The van der Waals surface area contributed by atoms with E-state index in [0.29, 0.717) is 0 Å². The van der Waals surface area contributed by atoms with E-state index < -0.39 is 40.0 Å². The Labute approximate surface area is 114 Å². The van der Waals surface area contributed by atoms with Crippen LogP contribution in [0.3, 0.4) is 0 Å². The van der Waals surface area contributed by atoms with Crippen molar-refractivity contribution in [2.75, 3.05) is 11.6 Å². The number of benzene rings is 1. The molecule has 1 aromatic carbocycles. The Morgan fingerprint density at radius 3 is 2.55 bits per heavy atom. The van der Waals surface area contributed by atoms with Crippen LogP contribution in [0.1, 0.15) is 6.42 Å². The number of hydrogen-bond donors (Lipinski definition) is 3. The Bertz CT molecular complexity index is 644. The third-order valence-corrected chi connectivity index (χ3v) is 3.47. The number of carbonyl (C=O) groups excluding carboxylic acids is 1. The molecule has 1 aromatic rings. The Morgan fingerprint density at radius 2 is 2.05 bits per heavy atom. The Hall–Kier alpha value is -2.00. The molecule has 1 atom stereocenters. The average Bonchev–Trinajstić information content (AvgIpc) is 2.29. The van der Waals surface area contributed by atoms with E-state index in [-0.39, 0.29) is 10.6 Å². The van der Waals surface area contributed by atoms with Crippen molar-refractivity contribution in [3.63, 3.8) is 0 Å². The van der Waals surface area contributed by atoms with Crippen LogP contribution in [0, 0.1) is 5.82 Å². The number of carbonyl (C=O) groups is 2. The van der Waals surface area contributed by atoms with Gasteiger partial charge in [0.05, 0.1) is 23.0 Å². The number of nitrogens with two attached hydrogens (primary N) is 1. The monoisotopic (exact) mass is 304 g/mol. The fourth-order valence-electron chi connectivity index (χ4n) is 1.34. The predicted octanol–water partition coefficient (Wildman–Crippen LogP) is -0.0303. The summed E-state index contributed by atoms with van der Waals surface area (Å²) in [5.74, 6) is -3.05. The van der Waals surface area contributed by atoms with Crippen molar-refractivity contribution in [2.45, 2.75) is 17.4 Å². The molecule has 0 saturated heterocycles. The van der Waals surface area contributed by atoms with Gasteiger partial charge in [0.1, 0.15) is 5.82 Å². The maximum absolute atomic E-state index is 13.5. The highest BCUT2D eigenvalue weighted by Crippen LogP contribution is 2.19. The van der Waals surface area contributed by atoms with E-state index in [0.717, 1.165) is 24.5 Å². The van der Waals surface area contributed by atoms with E-state index in [1.807, 2.05) is 0 Å². The van der Waals surface area contributed by atoms with Crippen molar-refractivity contribution in [1.29, 1.82) is 0 Å². The van der Waals surface area contributed by atoms with Crippen LogP contribution in [0.5, 0.6) is 0 Å². The molecule has 0 aromatic heterocycles. The molecular formula is C11H13FN2O5S. The minimum atomic E-state index is -3.56. The van der Waals surface area contributed by atoms with Gasteiger partial charge in [-0.3, -0.25) is 9.59 Å². The minimum absolute atomic E-state index is 0.180. The van der Waals surface area contributed by atoms with Gasteiger partial charge in [-0.05, 0) is 18.2 Å². The normalized spacial score (nSPS) is 12.8. The number of halogens is 1. The largest absolute Gasteiger partial charge is 0.481 e. The van der Waals surface area contributed by atoms with E-state index in [4.69, 9.17) is 10.8 Å². The van der Waals surface area contributed by atoms with Gasteiger partial charge < -0.3 is 16.2 Å². The highest BCUT2D eigenvalue weighted by Gasteiger charge is 2.19. The zero-order chi connectivity index (χ0) is 15.5. The predicted molar refractivity (Wildman–Crippen MR) is 68.4 cm³/mol. The molecule has 0 aliphatic heterocycles. The fourth-order valence-corrected chi connectivity index (χ4v) is 1.98. The molecular weight excluding hydrogens is 291 g/mol. The number of aliphatic carboxylic acids is 1. The molecule has 110 valence electrons. The molecule has 1 amide bonds. The van der Waals surface area contributed by atoms with Crippen LogP contribution in [0.2, 0.25) is 0 Å². The van der Waals surface area contributed by atoms with Gasteiger partial charge in [0.15, 0.2) is 9.84 Å². The number of hydrogen-bond acceptors (Lipinski definition) is 5. The van der Waals surface area contributed by atoms with Crippen molar-refractivity contribution in [3.05, 3.63) is 24.0 Å². The fraction of sp³-hybridized carbons (Fsp3) is 0.273. The Morgan fingerprint density at radius 1 is 1.45 bits per heavy atom. The van der Waals surface area contributed by atoms with E-state index in [1.165, 1.54) is 0 Å². The maximum atomic E-state index is 13.5. The number of nitrogens with one attached hydrogen (secondary N) is 1. The number of sulfone groups is 1. The molecule has 1 rings (SSSR count). The van der Waals surface area contributed by atoms with E-state index in [1.54, 1.807) is 0 Å². The summed E-state index contributed by atoms with van der Waals surface area (Å²) in [7, 11) is -3.56. The van der Waals surface area contributed by atoms with Crippen molar-refractivity contribution in [1.82, 2.24) is 0 Å². The number of rotatable bonds is 5. The van der Waals surface area contributed by atoms with E-state index in [9.17, 15) is 22.4 Å². The molecule has 0 fully saturated rings. The molecule has 0 spiro atoms. The highest BCUT2D eigenvalue weighted by atomic mass is 32.2. The van der Waals surface area contributed by atoms with Crippen LogP contribution in [-0.4, -0.2) is 37.7 Å².